The molecule has 1 rings (SSSR count). The van der Waals surface area contributed by atoms with Gasteiger partial charge in [0.25, 0.3) is 0 Å². The Kier molecular flexibility index (Phi) is 1.89. The molecule has 0 radical (unpaired) electrons. The summed E-state index contributed by atoms with van der Waals surface area (Å²) in [6, 6.07) is -1.03. The van der Waals surface area contributed by atoms with Crippen LogP contribution in [-0.4, -0.2) is 22.0 Å². The van der Waals surface area contributed by atoms with Crippen LogP contribution in [0.5, 0.6) is 0 Å². The van der Waals surface area contributed by atoms with Crippen LogP contribution >= 0.6 is 0 Å². The van der Waals surface area contributed by atoms with Gasteiger partial charge in [0, 0.05) is 4.92 Å². The van der Waals surface area contributed by atoms with Crippen LogP contribution in [0, 0.1) is 16.0 Å². The third-order valence-electron chi connectivity index (χ3n) is 1.70. The smallest absolute Gasteiger partial charge is 0.314 e. The van der Waals surface area contributed by atoms with Gasteiger partial charge in [-0.3, -0.25) is 14.9 Å². The van der Waals surface area contributed by atoms with Crippen LogP contribution in [-0.2, 0) is 4.79 Å². The lowest BCUT2D eigenvalue weighted by Crippen LogP contribution is -2.29. The third kappa shape index (κ3) is 1.36. The van der Waals surface area contributed by atoms with Crippen molar-refractivity contribution < 1.29 is 14.8 Å². The van der Waals surface area contributed by atoms with Gasteiger partial charge >= 0.3 is 5.97 Å². The monoisotopic (exact) mass is 157 g/mol. The molecule has 0 aliphatic heterocycles. The summed E-state index contributed by atoms with van der Waals surface area (Å²) < 4.78 is 0. The molecule has 5 nitrogen and oxygen atoms in total. The van der Waals surface area contributed by atoms with Crippen molar-refractivity contribution in [3.05, 3.63) is 22.3 Å². The third-order valence-corrected chi connectivity index (χ3v) is 1.70. The summed E-state index contributed by atoms with van der Waals surface area (Å²) in [5.41, 5.74) is 0. The van der Waals surface area contributed by atoms with E-state index in [9.17, 15) is 14.9 Å². The zero-order valence-corrected chi connectivity index (χ0v) is 5.64. The van der Waals surface area contributed by atoms with Crippen LogP contribution in [0.25, 0.3) is 0 Å². The summed E-state index contributed by atoms with van der Waals surface area (Å²) in [6.07, 6.45) is 3.13. The second-order valence-corrected chi connectivity index (χ2v) is 2.38. The van der Waals surface area contributed by atoms with Crippen molar-refractivity contribution in [1.82, 2.24) is 0 Å². The van der Waals surface area contributed by atoms with Crippen LogP contribution in [0.4, 0.5) is 0 Å². The van der Waals surface area contributed by atoms with Crippen LogP contribution < -0.4 is 0 Å². The molecule has 1 aliphatic carbocycles. The molecule has 0 unspecified atom stereocenters. The van der Waals surface area contributed by atoms with Gasteiger partial charge in [-0.15, -0.1) is 0 Å². The zero-order valence-electron chi connectivity index (χ0n) is 5.64. The number of rotatable bonds is 2. The van der Waals surface area contributed by atoms with Gasteiger partial charge in [0.05, 0.1) is 0 Å². The number of carboxylic acids is 1. The maximum absolute atomic E-state index is 10.4. The van der Waals surface area contributed by atoms with Crippen molar-refractivity contribution in [2.75, 3.05) is 0 Å². The fraction of sp³-hybridized carbons (Fsp3) is 0.500. The number of carbonyl (C=O) groups is 1. The number of aliphatic carboxylic acids is 1. The van der Waals surface area contributed by atoms with Crippen molar-refractivity contribution in [2.45, 2.75) is 12.5 Å². The maximum atomic E-state index is 10.4. The first-order valence-electron chi connectivity index (χ1n) is 3.16. The number of nitro groups is 1. The van der Waals surface area contributed by atoms with Crippen LogP contribution in [0.2, 0.25) is 0 Å². The predicted molar refractivity (Wildman–Crippen MR) is 35.7 cm³/mol. The number of nitrogens with zero attached hydrogens (tertiary/aromatic N) is 1. The molecule has 0 spiro atoms. The quantitative estimate of drug-likeness (QED) is 0.355. The molecule has 0 aromatic rings. The minimum absolute atomic E-state index is 0.265. The van der Waals surface area contributed by atoms with E-state index < -0.39 is 22.9 Å². The molecule has 0 amide bonds. The first kappa shape index (κ1) is 7.71. The highest BCUT2D eigenvalue weighted by atomic mass is 16.6. The molecule has 0 bridgehead atoms. The molecule has 0 aromatic heterocycles. The Balaban J connectivity index is 2.71. The van der Waals surface area contributed by atoms with E-state index in [1.807, 2.05) is 0 Å². The Hall–Kier alpha value is -1.39. The fourth-order valence-electron chi connectivity index (χ4n) is 1.10. The van der Waals surface area contributed by atoms with E-state index in [-0.39, 0.29) is 6.42 Å². The Morgan fingerprint density at radius 1 is 1.73 bits per heavy atom. The van der Waals surface area contributed by atoms with E-state index in [1.165, 1.54) is 12.2 Å². The lowest BCUT2D eigenvalue weighted by molar-refractivity contribution is -0.514. The SMILES string of the molecule is O=C(O)[C@H]1CC=C[C@H]1[N+](=O)[O-]. The molecule has 0 aromatic carbocycles. The summed E-state index contributed by atoms with van der Waals surface area (Å²) in [7, 11) is 0. The van der Waals surface area contributed by atoms with Gasteiger partial charge in [0.1, 0.15) is 5.92 Å². The number of hydrogen-bond donors (Lipinski definition) is 1. The number of allylic oxidation sites excluding steroid dienone is 1. The van der Waals surface area contributed by atoms with Gasteiger partial charge in [-0.2, -0.15) is 0 Å². The lowest BCUT2D eigenvalue weighted by atomic mass is 10.0. The Labute approximate surface area is 62.5 Å². The highest BCUT2D eigenvalue weighted by molar-refractivity contribution is 5.72. The molecular weight excluding hydrogens is 150 g/mol. The molecule has 2 atom stereocenters. The molecule has 0 saturated carbocycles. The summed E-state index contributed by atoms with van der Waals surface area (Å²) in [5, 5.41) is 18.7. The van der Waals surface area contributed by atoms with Gasteiger partial charge in [0.15, 0.2) is 0 Å². The second-order valence-electron chi connectivity index (χ2n) is 2.38. The second kappa shape index (κ2) is 2.69. The first-order chi connectivity index (χ1) is 5.13. The van der Waals surface area contributed by atoms with Gasteiger partial charge < -0.3 is 5.11 Å². The van der Waals surface area contributed by atoms with E-state index in [0.29, 0.717) is 0 Å². The van der Waals surface area contributed by atoms with Crippen molar-refractivity contribution in [2.24, 2.45) is 5.92 Å². The highest BCUT2D eigenvalue weighted by Gasteiger charge is 2.37. The Morgan fingerprint density at radius 2 is 2.36 bits per heavy atom. The predicted octanol–water partition coefficient (Wildman–Crippen LogP) is 0.292. The van der Waals surface area contributed by atoms with Gasteiger partial charge in [0.2, 0.25) is 6.04 Å². The Bertz CT molecular complexity index is 223. The minimum Gasteiger partial charge on any atom is -0.481 e. The van der Waals surface area contributed by atoms with Crippen LogP contribution in [0.1, 0.15) is 6.42 Å². The van der Waals surface area contributed by atoms with Crippen LogP contribution in [0.15, 0.2) is 12.2 Å². The standard InChI is InChI=1S/C6H7NO4/c8-6(9)4-2-1-3-5(4)7(10)11/h1,3-5H,2H2,(H,8,9)/t4-,5+/m0/s1. The topological polar surface area (TPSA) is 80.4 Å². The van der Waals surface area contributed by atoms with Gasteiger partial charge in [-0.25, -0.2) is 0 Å². The fourth-order valence-corrected chi connectivity index (χ4v) is 1.10. The molecule has 1 N–H and O–H groups in total. The van der Waals surface area contributed by atoms with E-state index in [1.54, 1.807) is 0 Å². The largest absolute Gasteiger partial charge is 0.481 e. The lowest BCUT2D eigenvalue weighted by Gasteiger charge is -2.05. The van der Waals surface area contributed by atoms with Crippen molar-refractivity contribution in [1.29, 1.82) is 0 Å². The molecule has 0 fully saturated rings. The molecular formula is C6H7NO4. The number of hydrogen-bond acceptors (Lipinski definition) is 3. The molecule has 1 aliphatic rings. The average Bonchev–Trinajstić information content (AvgIpc) is 2.32. The van der Waals surface area contributed by atoms with Crippen molar-refractivity contribution in [3.8, 4) is 0 Å². The molecule has 0 heterocycles. The van der Waals surface area contributed by atoms with E-state index in [4.69, 9.17) is 5.11 Å². The van der Waals surface area contributed by atoms with Crippen LogP contribution in [0.3, 0.4) is 0 Å². The first-order valence-corrected chi connectivity index (χ1v) is 3.16. The average molecular weight is 157 g/mol. The molecule has 0 saturated heterocycles. The summed E-state index contributed by atoms with van der Waals surface area (Å²) in [5.74, 6) is -1.97. The zero-order chi connectivity index (χ0) is 8.43. The normalized spacial score (nSPS) is 28.7. The van der Waals surface area contributed by atoms with Crippen molar-refractivity contribution >= 4 is 5.97 Å². The van der Waals surface area contributed by atoms with Gasteiger partial charge in [-0.05, 0) is 12.5 Å². The van der Waals surface area contributed by atoms with E-state index in [0.717, 1.165) is 0 Å². The van der Waals surface area contributed by atoms with E-state index in [2.05, 4.69) is 0 Å². The summed E-state index contributed by atoms with van der Waals surface area (Å²) >= 11 is 0. The van der Waals surface area contributed by atoms with Crippen molar-refractivity contribution in [3.63, 3.8) is 0 Å². The molecule has 60 valence electrons. The number of carboxylic acid groups (broad SMARTS) is 1. The van der Waals surface area contributed by atoms with E-state index >= 15 is 0 Å². The molecule has 11 heavy (non-hydrogen) atoms. The summed E-state index contributed by atoms with van der Waals surface area (Å²) in [6.45, 7) is 0. The minimum atomic E-state index is -1.10. The summed E-state index contributed by atoms with van der Waals surface area (Å²) in [4.78, 5) is 20.0. The van der Waals surface area contributed by atoms with Gasteiger partial charge in [-0.1, -0.05) is 6.08 Å². The maximum Gasteiger partial charge on any atom is 0.314 e. The highest BCUT2D eigenvalue weighted by Crippen LogP contribution is 2.20. The Morgan fingerprint density at radius 3 is 2.73 bits per heavy atom. The molecule has 5 heteroatoms.